The Morgan fingerprint density at radius 3 is 2.42 bits per heavy atom. The van der Waals surface area contributed by atoms with E-state index in [0.29, 0.717) is 27.3 Å². The van der Waals surface area contributed by atoms with E-state index in [4.69, 9.17) is 32.7 Å². The molecule has 10 nitrogen and oxygen atoms in total. The molecular formula is C36H34Cl2F3N3O7S. The van der Waals surface area contributed by atoms with Crippen molar-refractivity contribution in [1.29, 1.82) is 0 Å². The Hall–Kier alpha value is -4.24. The van der Waals surface area contributed by atoms with Crippen LogP contribution in [0.25, 0.3) is 0 Å². The van der Waals surface area contributed by atoms with Crippen LogP contribution in [0, 0.1) is 11.7 Å². The molecule has 0 saturated carbocycles. The third-order valence-electron chi connectivity index (χ3n) is 9.26. The first-order chi connectivity index (χ1) is 24.9. The highest BCUT2D eigenvalue weighted by Gasteiger charge is 2.38. The number of carbonyl (C=O) groups is 2. The van der Waals surface area contributed by atoms with Crippen LogP contribution in [0.15, 0.2) is 60.9 Å². The number of ether oxygens (including phenoxy) is 3. The van der Waals surface area contributed by atoms with Crippen LogP contribution in [0.5, 0.6) is 11.5 Å². The minimum Gasteiger partial charge on any atom is -0.544 e. The van der Waals surface area contributed by atoms with Gasteiger partial charge in [-0.15, -0.1) is 11.3 Å². The summed E-state index contributed by atoms with van der Waals surface area (Å²) in [4.78, 5) is 30.1. The lowest BCUT2D eigenvalue weighted by Gasteiger charge is -2.44. The molecular weight excluding hydrogens is 746 g/mol. The molecule has 0 radical (unpaired) electrons. The van der Waals surface area contributed by atoms with Crippen molar-refractivity contribution in [3.05, 3.63) is 103 Å². The Morgan fingerprint density at radius 1 is 1.10 bits per heavy atom. The number of thiophene rings is 1. The van der Waals surface area contributed by atoms with Gasteiger partial charge >= 0.3 is 12.7 Å². The van der Waals surface area contributed by atoms with E-state index in [9.17, 15) is 28.7 Å². The van der Waals surface area contributed by atoms with Gasteiger partial charge in [0.15, 0.2) is 11.5 Å². The van der Waals surface area contributed by atoms with E-state index in [1.54, 1.807) is 19.1 Å². The normalized spacial score (nSPS) is 18.6. The van der Waals surface area contributed by atoms with E-state index in [1.807, 2.05) is 0 Å². The second-order valence-corrected chi connectivity index (χ2v) is 14.4. The number of carbonyl (C=O) groups excluding carboxylic acids is 2. The largest absolute Gasteiger partial charge is 0.544 e. The van der Waals surface area contributed by atoms with Crippen molar-refractivity contribution in [3.8, 4) is 11.5 Å². The second-order valence-electron chi connectivity index (χ2n) is 12.5. The maximum absolute atomic E-state index is 15.3. The van der Waals surface area contributed by atoms with E-state index >= 15 is 4.39 Å². The first-order valence-corrected chi connectivity index (χ1v) is 18.1. The number of alkyl halides is 2. The number of hydrogen-bond donors (Lipinski definition) is 1. The molecule has 3 saturated heterocycles. The van der Waals surface area contributed by atoms with E-state index < -0.39 is 30.4 Å². The Balaban J connectivity index is 1.42. The predicted molar refractivity (Wildman–Crippen MR) is 184 cm³/mol. The maximum Gasteiger partial charge on any atom is 0.415 e. The Labute approximate surface area is 311 Å². The lowest BCUT2D eigenvalue weighted by molar-refractivity contribution is -0.904. The molecule has 3 aliphatic rings. The van der Waals surface area contributed by atoms with Crippen molar-refractivity contribution in [2.75, 3.05) is 31.1 Å². The quantitative estimate of drug-likeness (QED) is 0.118. The topological polar surface area (TPSA) is 115 Å². The lowest BCUT2D eigenvalue weighted by atomic mass is 9.85. The van der Waals surface area contributed by atoms with Gasteiger partial charge in [0, 0.05) is 27.6 Å². The number of aromatic carboxylic acids is 1. The summed E-state index contributed by atoms with van der Waals surface area (Å²) >= 11 is 13.8. The Bertz CT molecular complexity index is 1920. The molecule has 3 fully saturated rings. The van der Waals surface area contributed by atoms with Gasteiger partial charge in [0.25, 0.3) is 0 Å². The summed E-state index contributed by atoms with van der Waals surface area (Å²) in [5.41, 5.74) is 0.927. The summed E-state index contributed by atoms with van der Waals surface area (Å²) in [7, 11) is 0. The third kappa shape index (κ3) is 8.35. The van der Waals surface area contributed by atoms with Gasteiger partial charge in [-0.3, -0.25) is 15.0 Å². The van der Waals surface area contributed by atoms with Crippen LogP contribution in [0.3, 0.4) is 0 Å². The van der Waals surface area contributed by atoms with Crippen LogP contribution < -0.4 is 24.2 Å². The number of halogens is 5. The predicted octanol–water partition coefficient (Wildman–Crippen LogP) is 6.69. The zero-order valence-corrected chi connectivity index (χ0v) is 30.1. The van der Waals surface area contributed by atoms with Gasteiger partial charge in [-0.05, 0) is 86.7 Å². The number of rotatable bonds is 13. The van der Waals surface area contributed by atoms with Gasteiger partial charge in [-0.25, -0.2) is 9.18 Å². The third-order valence-corrected chi connectivity index (χ3v) is 11.0. The average molecular weight is 781 g/mol. The van der Waals surface area contributed by atoms with Crippen LogP contribution in [0.1, 0.15) is 56.9 Å². The molecule has 7 rings (SSSR count). The summed E-state index contributed by atoms with van der Waals surface area (Å²) < 4.78 is 58.7. The van der Waals surface area contributed by atoms with Gasteiger partial charge < -0.3 is 24.1 Å². The molecule has 5 heterocycles. The number of pyridine rings is 1. The van der Waals surface area contributed by atoms with Gasteiger partial charge in [0.1, 0.15) is 22.0 Å². The number of piperidine rings is 3. The van der Waals surface area contributed by atoms with Crippen LogP contribution in [-0.2, 0) is 17.7 Å². The summed E-state index contributed by atoms with van der Waals surface area (Å²) in [6.07, 6.45) is 3.00. The van der Waals surface area contributed by atoms with Crippen molar-refractivity contribution in [2.45, 2.75) is 51.4 Å². The molecule has 1 N–H and O–H groups in total. The van der Waals surface area contributed by atoms with Gasteiger partial charge in [-0.1, -0.05) is 41.4 Å². The molecule has 4 aromatic rings. The van der Waals surface area contributed by atoms with E-state index in [0.717, 1.165) is 42.2 Å². The number of hydrogen-bond acceptors (Lipinski definition) is 9. The summed E-state index contributed by atoms with van der Waals surface area (Å²) in [5.74, 6) is -3.13. The molecule has 0 spiro atoms. The summed E-state index contributed by atoms with van der Waals surface area (Å²) in [6, 6.07) is 11.5. The van der Waals surface area contributed by atoms with E-state index in [2.05, 4.69) is 9.64 Å². The molecule has 0 aliphatic carbocycles. The monoisotopic (exact) mass is 779 g/mol. The van der Waals surface area contributed by atoms with Crippen molar-refractivity contribution in [2.24, 2.45) is 5.92 Å². The molecule has 0 unspecified atom stereocenters. The Morgan fingerprint density at radius 2 is 1.81 bits per heavy atom. The number of benzene rings is 2. The van der Waals surface area contributed by atoms with Crippen molar-refractivity contribution in [3.63, 3.8) is 0 Å². The van der Waals surface area contributed by atoms with Crippen LogP contribution in [0.2, 0.25) is 10.0 Å². The van der Waals surface area contributed by atoms with E-state index in [1.165, 1.54) is 48.8 Å². The first kappa shape index (κ1) is 37.5. The molecule has 276 valence electrons. The van der Waals surface area contributed by atoms with Gasteiger partial charge in [-0.2, -0.15) is 8.78 Å². The number of nitrogens with zero attached hydrogens (tertiary/aromatic N) is 3. The highest BCUT2D eigenvalue weighted by Crippen LogP contribution is 2.42. The standard InChI is InChI=1S/C36H34Cl2F3N3O7S/c1-2-49-31-13-21(7-8-30(31)50-35(40)41)23(15-25-26(37)17-43(48)18-27(25)38)24-14-22(52-33(24)34(45)46)16-44(29-6-4-3-5-28(29)39)36(47)51-32-19-42-11-9-20(32)10-12-42/h3-8,13-14,17-18,20,23,32,35H,2,9-12,15-16,19H2,1H3,(H-,45,46,48)/t23-,32-/m0/s1. The lowest BCUT2D eigenvalue weighted by Crippen LogP contribution is -2.53. The molecule has 2 aromatic carbocycles. The van der Waals surface area contributed by atoms with Crippen LogP contribution in [-0.4, -0.2) is 61.1 Å². The summed E-state index contributed by atoms with van der Waals surface area (Å²) in [5, 5.41) is 22.8. The van der Waals surface area contributed by atoms with Crippen LogP contribution >= 0.6 is 34.5 Å². The number of aromatic nitrogens is 1. The highest BCUT2D eigenvalue weighted by atomic mass is 35.5. The number of anilines is 1. The molecule has 2 aromatic heterocycles. The van der Waals surface area contributed by atoms with Gasteiger partial charge in [0.2, 0.25) is 12.4 Å². The minimum atomic E-state index is -3.13. The fourth-order valence-corrected chi connectivity index (χ4v) is 8.47. The molecule has 3 aliphatic heterocycles. The highest BCUT2D eigenvalue weighted by molar-refractivity contribution is 7.14. The molecule has 2 bridgehead atoms. The summed E-state index contributed by atoms with van der Waals surface area (Å²) in [6.45, 7) is 0.810. The van der Waals surface area contributed by atoms with Crippen LogP contribution in [0.4, 0.5) is 23.7 Å². The molecule has 16 heteroatoms. The fraction of sp³-hybridized carbons (Fsp3) is 0.361. The number of carboxylic acids is 1. The molecule has 52 heavy (non-hydrogen) atoms. The number of carboxylic acid groups (broad SMARTS) is 1. The van der Waals surface area contributed by atoms with Crippen molar-refractivity contribution < 1.29 is 52.0 Å². The SMILES string of the molecule is CCOc1cc([C@H](Cc2c(Cl)c[n+](O)cc2Cl)c2cc(CN(C(=O)O[C@H]3CN4CCC3CC4)c3ccccc3F)sc2C(=O)[O-])ccc1OC(F)F. The minimum absolute atomic E-state index is 0.0181. The Kier molecular flexibility index (Phi) is 11.7. The zero-order chi connectivity index (χ0) is 37.1. The number of amides is 1. The molecule has 2 atom stereocenters. The maximum atomic E-state index is 15.3. The smallest absolute Gasteiger partial charge is 0.415 e. The number of para-hydroxylation sites is 1. The number of fused-ring (bicyclic) bond motifs is 3. The van der Waals surface area contributed by atoms with Crippen molar-refractivity contribution in [1.82, 2.24) is 4.90 Å². The van der Waals surface area contributed by atoms with Crippen molar-refractivity contribution >= 4 is 52.3 Å². The van der Waals surface area contributed by atoms with E-state index in [-0.39, 0.29) is 69.3 Å². The second kappa shape index (κ2) is 16.2. The fourth-order valence-electron chi connectivity index (χ4n) is 6.82. The molecule has 1 amide bonds. The average Bonchev–Trinajstić information content (AvgIpc) is 3.52. The zero-order valence-electron chi connectivity index (χ0n) is 27.8. The van der Waals surface area contributed by atoms with Gasteiger partial charge in [0.05, 0.1) is 29.7 Å². The first-order valence-electron chi connectivity index (χ1n) is 16.5.